The van der Waals surface area contributed by atoms with Crippen LogP contribution in [0.25, 0.3) is 5.69 Å². The molecular weight excluding hydrogens is 378 g/mol. The van der Waals surface area contributed by atoms with E-state index < -0.39 is 0 Å². The monoisotopic (exact) mass is 405 g/mol. The number of hydrogen-bond acceptors (Lipinski definition) is 6. The molecule has 0 saturated carbocycles. The molecule has 1 amide bonds. The number of carbonyl (C=O) groups excluding carboxylic acids is 1. The summed E-state index contributed by atoms with van der Waals surface area (Å²) in [4.78, 5) is 17.6. The van der Waals surface area contributed by atoms with Crippen molar-refractivity contribution >= 4 is 5.91 Å². The van der Waals surface area contributed by atoms with E-state index in [-0.39, 0.29) is 11.9 Å². The first-order valence-corrected chi connectivity index (χ1v) is 10.2. The Balaban J connectivity index is 1.40. The van der Waals surface area contributed by atoms with E-state index in [2.05, 4.69) is 49.8 Å². The summed E-state index contributed by atoms with van der Waals surface area (Å²) in [5, 5.41) is 14.4. The first-order chi connectivity index (χ1) is 14.7. The topological polar surface area (TPSA) is 79.2 Å². The molecule has 8 nitrogen and oxygen atoms in total. The van der Waals surface area contributed by atoms with E-state index in [0.29, 0.717) is 6.42 Å². The average Bonchev–Trinajstić information content (AvgIpc) is 3.31. The minimum absolute atomic E-state index is 0.0214. The maximum Gasteiger partial charge on any atom is 0.224 e. The Morgan fingerprint density at radius 2 is 1.77 bits per heavy atom. The fourth-order valence-electron chi connectivity index (χ4n) is 3.69. The number of piperazine rings is 1. The van der Waals surface area contributed by atoms with Crippen LogP contribution in [0.1, 0.15) is 17.2 Å². The van der Waals surface area contributed by atoms with Gasteiger partial charge in [-0.3, -0.25) is 9.69 Å². The van der Waals surface area contributed by atoms with Crippen LogP contribution in [0.2, 0.25) is 0 Å². The molecule has 1 atom stereocenters. The molecule has 0 radical (unpaired) electrons. The van der Waals surface area contributed by atoms with Gasteiger partial charge in [-0.2, -0.15) is 0 Å². The van der Waals surface area contributed by atoms with E-state index in [0.717, 1.165) is 49.5 Å². The summed E-state index contributed by atoms with van der Waals surface area (Å²) >= 11 is 0. The van der Waals surface area contributed by atoms with Crippen LogP contribution in [-0.4, -0.2) is 75.7 Å². The number of carbonyl (C=O) groups is 1. The van der Waals surface area contributed by atoms with Gasteiger partial charge in [-0.25, -0.2) is 4.68 Å². The van der Waals surface area contributed by atoms with Gasteiger partial charge in [-0.1, -0.05) is 42.5 Å². The third-order valence-electron chi connectivity index (χ3n) is 5.49. The van der Waals surface area contributed by atoms with Crippen molar-refractivity contribution in [2.24, 2.45) is 0 Å². The van der Waals surface area contributed by atoms with Crippen LogP contribution in [0.15, 0.2) is 60.9 Å². The van der Waals surface area contributed by atoms with Crippen molar-refractivity contribution in [3.63, 3.8) is 0 Å². The van der Waals surface area contributed by atoms with E-state index in [1.165, 1.54) is 0 Å². The highest BCUT2D eigenvalue weighted by Crippen LogP contribution is 2.16. The Kier molecular flexibility index (Phi) is 6.46. The van der Waals surface area contributed by atoms with E-state index >= 15 is 0 Å². The van der Waals surface area contributed by atoms with Gasteiger partial charge in [0.05, 0.1) is 18.2 Å². The summed E-state index contributed by atoms with van der Waals surface area (Å²) in [6.07, 6.45) is 1.88. The Morgan fingerprint density at radius 1 is 1.03 bits per heavy atom. The molecule has 2 aromatic carbocycles. The van der Waals surface area contributed by atoms with Crippen LogP contribution in [0.4, 0.5) is 0 Å². The highest BCUT2D eigenvalue weighted by atomic mass is 16.1. The van der Waals surface area contributed by atoms with Crippen molar-refractivity contribution in [3.8, 4) is 5.69 Å². The van der Waals surface area contributed by atoms with Crippen molar-refractivity contribution in [2.75, 3.05) is 39.8 Å². The molecule has 1 saturated heterocycles. The predicted molar refractivity (Wildman–Crippen MR) is 114 cm³/mol. The second-order valence-corrected chi connectivity index (χ2v) is 7.73. The molecule has 3 aromatic rings. The van der Waals surface area contributed by atoms with E-state index in [9.17, 15) is 4.79 Å². The summed E-state index contributed by atoms with van der Waals surface area (Å²) in [6.45, 7) is 4.98. The third-order valence-corrected chi connectivity index (χ3v) is 5.49. The van der Waals surface area contributed by atoms with Crippen molar-refractivity contribution in [1.29, 1.82) is 0 Å². The minimum atomic E-state index is -0.0254. The van der Waals surface area contributed by atoms with E-state index in [1.807, 2.05) is 42.5 Å². The molecule has 0 bridgehead atoms. The van der Waals surface area contributed by atoms with Gasteiger partial charge < -0.3 is 10.2 Å². The molecular formula is C22H27N7O. The standard InChI is InChI=1S/C22H27N7O/c1-27-11-13-28(14-12-27)16-21(19-5-3-2-4-6-19)24-22(30)15-18-7-9-20(10-8-18)29-17-23-25-26-29/h2-10,17,21H,11-16H2,1H3,(H,24,30). The zero-order valence-electron chi connectivity index (χ0n) is 17.2. The van der Waals surface area contributed by atoms with Gasteiger partial charge >= 0.3 is 0 Å². The number of tetrazole rings is 1. The number of nitrogens with one attached hydrogen (secondary N) is 1. The Morgan fingerprint density at radius 3 is 2.43 bits per heavy atom. The van der Waals surface area contributed by atoms with Crippen molar-refractivity contribution in [1.82, 2.24) is 35.3 Å². The second-order valence-electron chi connectivity index (χ2n) is 7.73. The maximum absolute atomic E-state index is 12.8. The van der Waals surface area contributed by atoms with Crippen LogP contribution in [0.5, 0.6) is 0 Å². The molecule has 1 unspecified atom stereocenters. The molecule has 8 heteroatoms. The van der Waals surface area contributed by atoms with Crippen LogP contribution in [0.3, 0.4) is 0 Å². The summed E-state index contributed by atoms with van der Waals surface area (Å²) in [5.74, 6) is 0.0214. The minimum Gasteiger partial charge on any atom is -0.348 e. The largest absolute Gasteiger partial charge is 0.348 e. The summed E-state index contributed by atoms with van der Waals surface area (Å²) in [7, 11) is 2.15. The number of benzene rings is 2. The molecule has 1 aromatic heterocycles. The molecule has 1 N–H and O–H groups in total. The molecule has 1 fully saturated rings. The number of amides is 1. The number of hydrogen-bond donors (Lipinski definition) is 1. The lowest BCUT2D eigenvalue weighted by Crippen LogP contribution is -2.48. The molecule has 2 heterocycles. The Bertz CT molecular complexity index is 920. The Labute approximate surface area is 176 Å². The van der Waals surface area contributed by atoms with Gasteiger partial charge in [0.1, 0.15) is 6.33 Å². The average molecular weight is 406 g/mol. The number of aromatic nitrogens is 4. The van der Waals surface area contributed by atoms with Crippen molar-refractivity contribution in [2.45, 2.75) is 12.5 Å². The zero-order chi connectivity index (χ0) is 20.8. The summed E-state index contributed by atoms with van der Waals surface area (Å²) < 4.78 is 1.59. The van der Waals surface area contributed by atoms with Crippen LogP contribution in [-0.2, 0) is 11.2 Å². The number of nitrogens with zero attached hydrogens (tertiary/aromatic N) is 6. The second kappa shape index (κ2) is 9.60. The first-order valence-electron chi connectivity index (χ1n) is 10.2. The highest BCUT2D eigenvalue weighted by Gasteiger charge is 2.21. The molecule has 0 aliphatic carbocycles. The SMILES string of the molecule is CN1CCN(CC(NC(=O)Cc2ccc(-n3cnnn3)cc2)c2ccccc2)CC1. The van der Waals surface area contributed by atoms with Gasteiger partial charge in [-0.05, 0) is 40.7 Å². The summed E-state index contributed by atoms with van der Waals surface area (Å²) in [6, 6.07) is 17.9. The molecule has 4 rings (SSSR count). The fraction of sp³-hybridized carbons (Fsp3) is 0.364. The lowest BCUT2D eigenvalue weighted by molar-refractivity contribution is -0.121. The van der Waals surface area contributed by atoms with Crippen LogP contribution < -0.4 is 5.32 Å². The molecule has 0 spiro atoms. The van der Waals surface area contributed by atoms with Gasteiger partial charge in [0.25, 0.3) is 0 Å². The lowest BCUT2D eigenvalue weighted by Gasteiger charge is -2.35. The molecule has 1 aliphatic heterocycles. The first kappa shape index (κ1) is 20.2. The lowest BCUT2D eigenvalue weighted by atomic mass is 10.0. The molecule has 156 valence electrons. The molecule has 30 heavy (non-hydrogen) atoms. The number of likely N-dealkylation sites (N-methyl/N-ethyl adjacent to an activating group) is 1. The maximum atomic E-state index is 12.8. The summed E-state index contributed by atoms with van der Waals surface area (Å²) in [5.41, 5.74) is 2.95. The number of rotatable bonds is 7. The Hall–Kier alpha value is -3.10. The quantitative estimate of drug-likeness (QED) is 0.639. The van der Waals surface area contributed by atoms with E-state index in [4.69, 9.17) is 0 Å². The van der Waals surface area contributed by atoms with Gasteiger partial charge in [0.15, 0.2) is 0 Å². The van der Waals surface area contributed by atoms with Crippen molar-refractivity contribution in [3.05, 3.63) is 72.1 Å². The van der Waals surface area contributed by atoms with Crippen LogP contribution >= 0.6 is 0 Å². The smallest absolute Gasteiger partial charge is 0.224 e. The van der Waals surface area contributed by atoms with E-state index in [1.54, 1.807) is 11.0 Å². The fourth-order valence-corrected chi connectivity index (χ4v) is 3.69. The molecule has 1 aliphatic rings. The van der Waals surface area contributed by atoms with Gasteiger partial charge in [0, 0.05) is 32.7 Å². The van der Waals surface area contributed by atoms with Gasteiger partial charge in [0.2, 0.25) is 5.91 Å². The predicted octanol–water partition coefficient (Wildman–Crippen LogP) is 1.31. The normalized spacial score (nSPS) is 16.3. The highest BCUT2D eigenvalue weighted by molar-refractivity contribution is 5.79. The van der Waals surface area contributed by atoms with Crippen LogP contribution in [0, 0.1) is 0 Å². The van der Waals surface area contributed by atoms with Gasteiger partial charge in [-0.15, -0.1) is 5.10 Å². The van der Waals surface area contributed by atoms with Crippen molar-refractivity contribution < 1.29 is 4.79 Å². The zero-order valence-corrected chi connectivity index (χ0v) is 17.2. The third kappa shape index (κ3) is 5.28.